The van der Waals surface area contributed by atoms with Crippen LogP contribution in [0.2, 0.25) is 0 Å². The van der Waals surface area contributed by atoms with E-state index in [4.69, 9.17) is 5.11 Å². The van der Waals surface area contributed by atoms with Crippen LogP contribution in [0.4, 0.5) is 0 Å². The van der Waals surface area contributed by atoms with Gasteiger partial charge in [0.1, 0.15) is 0 Å². The third-order valence-corrected chi connectivity index (χ3v) is 3.95. The highest BCUT2D eigenvalue weighted by Gasteiger charge is 2.21. The molecule has 0 bridgehead atoms. The topological polar surface area (TPSA) is 40.5 Å². The minimum atomic E-state index is -0.500. The summed E-state index contributed by atoms with van der Waals surface area (Å²) in [6, 6.07) is 0. The molecule has 0 aliphatic heterocycles. The summed E-state index contributed by atoms with van der Waals surface area (Å²) in [5.41, 5.74) is -0.500. The second kappa shape index (κ2) is 6.68. The van der Waals surface area contributed by atoms with Crippen LogP contribution in [0.15, 0.2) is 0 Å². The molecule has 0 radical (unpaired) electrons. The summed E-state index contributed by atoms with van der Waals surface area (Å²) in [7, 11) is 0. The molecule has 2 N–H and O–H groups in total. The van der Waals surface area contributed by atoms with Crippen molar-refractivity contribution in [2.45, 2.75) is 39.2 Å². The van der Waals surface area contributed by atoms with Crippen molar-refractivity contribution in [3.63, 3.8) is 0 Å². The zero-order valence-electron chi connectivity index (χ0n) is 8.92. The van der Waals surface area contributed by atoms with Crippen LogP contribution in [-0.4, -0.2) is 33.9 Å². The molecule has 0 rings (SSSR count). The van der Waals surface area contributed by atoms with Crippen molar-refractivity contribution in [2.75, 3.05) is 18.1 Å². The number of rotatable bonds is 7. The highest BCUT2D eigenvalue weighted by Crippen LogP contribution is 2.21. The third kappa shape index (κ3) is 5.55. The summed E-state index contributed by atoms with van der Waals surface area (Å²) >= 11 is 1.73. The molecule has 0 aromatic carbocycles. The summed E-state index contributed by atoms with van der Waals surface area (Å²) in [6.07, 6.45) is 1.62. The molecule has 0 aromatic heterocycles. The van der Waals surface area contributed by atoms with E-state index in [1.165, 1.54) is 0 Å². The predicted molar refractivity (Wildman–Crippen MR) is 59.1 cm³/mol. The molecular formula is C10H22O2S. The molecule has 1 atom stereocenters. The van der Waals surface area contributed by atoms with Crippen LogP contribution >= 0.6 is 11.8 Å². The molecule has 0 amide bonds. The fourth-order valence-electron chi connectivity index (χ4n) is 0.957. The maximum Gasteiger partial charge on any atom is 0.0732 e. The maximum atomic E-state index is 9.93. The van der Waals surface area contributed by atoms with E-state index in [0.717, 1.165) is 24.3 Å². The second-order valence-electron chi connectivity index (χ2n) is 3.73. The fraction of sp³-hybridized carbons (Fsp3) is 1.00. The van der Waals surface area contributed by atoms with Crippen LogP contribution in [0.1, 0.15) is 33.6 Å². The van der Waals surface area contributed by atoms with E-state index in [1.54, 1.807) is 11.8 Å². The Hall–Kier alpha value is 0.270. The molecule has 0 aliphatic rings. The van der Waals surface area contributed by atoms with E-state index in [9.17, 15) is 5.11 Å². The maximum absolute atomic E-state index is 9.93. The largest absolute Gasteiger partial charge is 0.396 e. The van der Waals surface area contributed by atoms with Gasteiger partial charge in [-0.15, -0.1) is 0 Å². The van der Waals surface area contributed by atoms with Crippen molar-refractivity contribution in [1.82, 2.24) is 0 Å². The first-order valence-corrected chi connectivity index (χ1v) is 6.14. The Morgan fingerprint density at radius 2 is 1.85 bits per heavy atom. The van der Waals surface area contributed by atoms with Gasteiger partial charge in [0.15, 0.2) is 0 Å². The summed E-state index contributed by atoms with van der Waals surface area (Å²) in [6.45, 7) is 6.28. The molecule has 0 fully saturated rings. The standard InChI is InChI=1S/C10H22O2S/c1-4-10(12,5-2)8-13-7-9(3)6-11/h9,11-12H,4-8H2,1-3H3. The van der Waals surface area contributed by atoms with Crippen LogP contribution < -0.4 is 0 Å². The highest BCUT2D eigenvalue weighted by atomic mass is 32.2. The van der Waals surface area contributed by atoms with Gasteiger partial charge in [-0.25, -0.2) is 0 Å². The van der Waals surface area contributed by atoms with Crippen LogP contribution in [-0.2, 0) is 0 Å². The average Bonchev–Trinajstić information content (AvgIpc) is 2.17. The van der Waals surface area contributed by atoms with E-state index in [1.807, 2.05) is 20.8 Å². The van der Waals surface area contributed by atoms with Crippen molar-refractivity contribution >= 4 is 11.8 Å². The molecule has 0 saturated heterocycles. The van der Waals surface area contributed by atoms with E-state index < -0.39 is 5.60 Å². The average molecular weight is 206 g/mol. The lowest BCUT2D eigenvalue weighted by atomic mass is 10.0. The summed E-state index contributed by atoms with van der Waals surface area (Å²) in [5, 5.41) is 18.7. The molecule has 2 nitrogen and oxygen atoms in total. The van der Waals surface area contributed by atoms with Gasteiger partial charge in [-0.2, -0.15) is 11.8 Å². The number of aliphatic hydroxyl groups excluding tert-OH is 1. The molecule has 0 heterocycles. The molecular weight excluding hydrogens is 184 g/mol. The van der Waals surface area contributed by atoms with Gasteiger partial charge in [-0.05, 0) is 24.5 Å². The number of hydrogen-bond donors (Lipinski definition) is 2. The number of hydrogen-bond acceptors (Lipinski definition) is 3. The highest BCUT2D eigenvalue weighted by molar-refractivity contribution is 7.99. The molecule has 0 aromatic rings. The van der Waals surface area contributed by atoms with Gasteiger partial charge in [0, 0.05) is 12.4 Å². The Bertz CT molecular complexity index is 124. The Morgan fingerprint density at radius 1 is 1.31 bits per heavy atom. The van der Waals surface area contributed by atoms with Crippen LogP contribution in [0.25, 0.3) is 0 Å². The fourth-order valence-corrected chi connectivity index (χ4v) is 2.37. The molecule has 0 spiro atoms. The molecule has 1 unspecified atom stereocenters. The first kappa shape index (κ1) is 13.3. The Kier molecular flexibility index (Phi) is 6.82. The lowest BCUT2D eigenvalue weighted by Crippen LogP contribution is -2.30. The van der Waals surface area contributed by atoms with E-state index in [0.29, 0.717) is 5.92 Å². The zero-order valence-corrected chi connectivity index (χ0v) is 9.73. The zero-order chi connectivity index (χ0) is 10.3. The van der Waals surface area contributed by atoms with Gasteiger partial charge in [-0.3, -0.25) is 0 Å². The normalized spacial score (nSPS) is 14.5. The number of thioether (sulfide) groups is 1. The molecule has 0 saturated carbocycles. The third-order valence-electron chi connectivity index (χ3n) is 2.40. The Labute approximate surface area is 85.7 Å². The Morgan fingerprint density at radius 3 is 2.23 bits per heavy atom. The summed E-state index contributed by atoms with van der Waals surface area (Å²) in [5.74, 6) is 2.05. The first-order chi connectivity index (χ1) is 6.08. The van der Waals surface area contributed by atoms with Gasteiger partial charge in [-0.1, -0.05) is 20.8 Å². The summed E-state index contributed by atoms with van der Waals surface area (Å²) in [4.78, 5) is 0. The predicted octanol–water partition coefficient (Wildman–Crippen LogP) is 1.90. The lowest BCUT2D eigenvalue weighted by molar-refractivity contribution is 0.0571. The van der Waals surface area contributed by atoms with E-state index >= 15 is 0 Å². The molecule has 0 aliphatic carbocycles. The molecule has 3 heteroatoms. The minimum Gasteiger partial charge on any atom is -0.396 e. The molecule has 13 heavy (non-hydrogen) atoms. The van der Waals surface area contributed by atoms with Gasteiger partial charge >= 0.3 is 0 Å². The van der Waals surface area contributed by atoms with E-state index in [-0.39, 0.29) is 6.61 Å². The molecule has 80 valence electrons. The smallest absolute Gasteiger partial charge is 0.0732 e. The van der Waals surface area contributed by atoms with Gasteiger partial charge in [0.2, 0.25) is 0 Å². The van der Waals surface area contributed by atoms with Crippen LogP contribution in [0.3, 0.4) is 0 Å². The minimum absolute atomic E-state index is 0.240. The van der Waals surface area contributed by atoms with Crippen molar-refractivity contribution < 1.29 is 10.2 Å². The van der Waals surface area contributed by atoms with E-state index in [2.05, 4.69) is 0 Å². The van der Waals surface area contributed by atoms with Crippen molar-refractivity contribution in [1.29, 1.82) is 0 Å². The summed E-state index contributed by atoms with van der Waals surface area (Å²) < 4.78 is 0. The monoisotopic (exact) mass is 206 g/mol. The van der Waals surface area contributed by atoms with Gasteiger partial charge in [0.05, 0.1) is 5.60 Å². The van der Waals surface area contributed by atoms with Crippen molar-refractivity contribution in [3.8, 4) is 0 Å². The van der Waals surface area contributed by atoms with Crippen LogP contribution in [0.5, 0.6) is 0 Å². The SMILES string of the molecule is CCC(O)(CC)CSCC(C)CO. The second-order valence-corrected chi connectivity index (χ2v) is 4.76. The quantitative estimate of drug-likeness (QED) is 0.668. The Balaban J connectivity index is 3.61. The van der Waals surface area contributed by atoms with Crippen LogP contribution in [0, 0.1) is 5.92 Å². The van der Waals surface area contributed by atoms with Gasteiger partial charge < -0.3 is 10.2 Å². The van der Waals surface area contributed by atoms with Crippen molar-refractivity contribution in [3.05, 3.63) is 0 Å². The van der Waals surface area contributed by atoms with Gasteiger partial charge in [0.25, 0.3) is 0 Å². The lowest BCUT2D eigenvalue weighted by Gasteiger charge is -2.25. The number of aliphatic hydroxyl groups is 2. The first-order valence-electron chi connectivity index (χ1n) is 4.99. The van der Waals surface area contributed by atoms with Crippen molar-refractivity contribution in [2.24, 2.45) is 5.92 Å².